The van der Waals surface area contributed by atoms with Crippen LogP contribution >= 0.6 is 0 Å². The standard InChI is InChI=1S/C10H12O2/c1-4-12-10-7(2)5-6-9(11)8(10)3/h4-6,11H,1H2,2-3H3. The molecule has 1 aromatic carbocycles. The first-order valence-corrected chi connectivity index (χ1v) is 3.73. The zero-order valence-corrected chi connectivity index (χ0v) is 7.29. The van der Waals surface area contributed by atoms with Crippen molar-refractivity contribution in [1.82, 2.24) is 0 Å². The van der Waals surface area contributed by atoms with Gasteiger partial charge in [-0.15, -0.1) is 0 Å². The Kier molecular flexibility index (Phi) is 2.38. The molecule has 0 unspecified atom stereocenters. The number of benzene rings is 1. The number of phenolic OH excluding ortho intramolecular Hbond substituents is 1. The minimum Gasteiger partial charge on any atom is -0.508 e. The fourth-order valence-corrected chi connectivity index (χ4v) is 1.08. The Morgan fingerprint density at radius 2 is 2.08 bits per heavy atom. The fourth-order valence-electron chi connectivity index (χ4n) is 1.08. The molecular weight excluding hydrogens is 152 g/mol. The Labute approximate surface area is 72.1 Å². The van der Waals surface area contributed by atoms with E-state index in [1.807, 2.05) is 6.92 Å². The van der Waals surface area contributed by atoms with Crippen LogP contribution in [0.2, 0.25) is 0 Å². The molecule has 2 nitrogen and oxygen atoms in total. The zero-order chi connectivity index (χ0) is 9.14. The number of ether oxygens (including phenoxy) is 1. The van der Waals surface area contributed by atoms with Gasteiger partial charge in [-0.05, 0) is 25.5 Å². The Bertz CT molecular complexity index is 303. The van der Waals surface area contributed by atoms with E-state index in [0.29, 0.717) is 5.75 Å². The van der Waals surface area contributed by atoms with Gasteiger partial charge in [-0.2, -0.15) is 0 Å². The van der Waals surface area contributed by atoms with Gasteiger partial charge < -0.3 is 9.84 Å². The topological polar surface area (TPSA) is 29.5 Å². The van der Waals surface area contributed by atoms with Crippen LogP contribution in [0.25, 0.3) is 0 Å². The van der Waals surface area contributed by atoms with E-state index in [1.165, 1.54) is 6.26 Å². The average molecular weight is 164 g/mol. The first-order chi connectivity index (χ1) is 5.66. The lowest BCUT2D eigenvalue weighted by Crippen LogP contribution is -1.89. The number of hydrogen-bond donors (Lipinski definition) is 1. The summed E-state index contributed by atoms with van der Waals surface area (Å²) in [5, 5.41) is 9.34. The fraction of sp³-hybridized carbons (Fsp3) is 0.200. The minimum atomic E-state index is 0.248. The lowest BCUT2D eigenvalue weighted by molar-refractivity contribution is 0.446. The Morgan fingerprint density at radius 1 is 1.42 bits per heavy atom. The quantitative estimate of drug-likeness (QED) is 0.680. The molecule has 0 spiro atoms. The van der Waals surface area contributed by atoms with Crippen molar-refractivity contribution in [2.75, 3.05) is 0 Å². The smallest absolute Gasteiger partial charge is 0.135 e. The molecule has 0 fully saturated rings. The predicted molar refractivity (Wildman–Crippen MR) is 48.4 cm³/mol. The number of phenols is 1. The highest BCUT2D eigenvalue weighted by molar-refractivity contribution is 5.48. The van der Waals surface area contributed by atoms with Crippen LogP contribution in [0.4, 0.5) is 0 Å². The van der Waals surface area contributed by atoms with E-state index in [1.54, 1.807) is 19.1 Å². The summed E-state index contributed by atoms with van der Waals surface area (Å²) in [6, 6.07) is 3.46. The van der Waals surface area contributed by atoms with Crippen molar-refractivity contribution in [1.29, 1.82) is 0 Å². The highest BCUT2D eigenvalue weighted by Gasteiger charge is 2.06. The zero-order valence-electron chi connectivity index (χ0n) is 7.29. The monoisotopic (exact) mass is 164 g/mol. The van der Waals surface area contributed by atoms with Crippen molar-refractivity contribution in [2.45, 2.75) is 13.8 Å². The first kappa shape index (κ1) is 8.65. The molecule has 0 aromatic heterocycles. The lowest BCUT2D eigenvalue weighted by Gasteiger charge is -2.08. The lowest BCUT2D eigenvalue weighted by atomic mass is 10.1. The maximum absolute atomic E-state index is 9.34. The van der Waals surface area contributed by atoms with Crippen LogP contribution in [0, 0.1) is 13.8 Å². The summed E-state index contributed by atoms with van der Waals surface area (Å²) < 4.78 is 5.15. The molecule has 0 saturated heterocycles. The molecule has 0 radical (unpaired) electrons. The van der Waals surface area contributed by atoms with E-state index in [0.717, 1.165) is 11.1 Å². The summed E-state index contributed by atoms with van der Waals surface area (Å²) in [6.45, 7) is 7.19. The molecule has 1 rings (SSSR count). The van der Waals surface area contributed by atoms with Crippen LogP contribution in [0.3, 0.4) is 0 Å². The molecule has 0 heterocycles. The maximum Gasteiger partial charge on any atom is 0.135 e. The van der Waals surface area contributed by atoms with E-state index in [4.69, 9.17) is 4.74 Å². The van der Waals surface area contributed by atoms with Crippen LogP contribution in [-0.4, -0.2) is 5.11 Å². The minimum absolute atomic E-state index is 0.248. The summed E-state index contributed by atoms with van der Waals surface area (Å²) >= 11 is 0. The predicted octanol–water partition coefficient (Wildman–Crippen LogP) is 2.53. The van der Waals surface area contributed by atoms with E-state index in [2.05, 4.69) is 6.58 Å². The van der Waals surface area contributed by atoms with Crippen LogP contribution < -0.4 is 4.74 Å². The third kappa shape index (κ3) is 1.42. The Balaban J connectivity index is 3.22. The van der Waals surface area contributed by atoms with Crippen molar-refractivity contribution in [2.24, 2.45) is 0 Å². The molecule has 0 aliphatic heterocycles. The first-order valence-electron chi connectivity index (χ1n) is 3.73. The highest BCUT2D eigenvalue weighted by Crippen LogP contribution is 2.29. The number of aryl methyl sites for hydroxylation is 1. The van der Waals surface area contributed by atoms with E-state index in [9.17, 15) is 5.11 Å². The van der Waals surface area contributed by atoms with E-state index in [-0.39, 0.29) is 5.75 Å². The Morgan fingerprint density at radius 3 is 2.67 bits per heavy atom. The van der Waals surface area contributed by atoms with Crippen LogP contribution in [0.15, 0.2) is 25.0 Å². The molecule has 1 aromatic rings. The SMILES string of the molecule is C=COc1c(C)ccc(O)c1C. The average Bonchev–Trinajstić information content (AvgIpc) is 2.06. The molecular formula is C10H12O2. The molecule has 2 heteroatoms. The third-order valence-corrected chi connectivity index (χ3v) is 1.78. The van der Waals surface area contributed by atoms with Gasteiger partial charge in [0.1, 0.15) is 11.5 Å². The van der Waals surface area contributed by atoms with Crippen LogP contribution in [-0.2, 0) is 0 Å². The number of rotatable bonds is 2. The molecule has 0 saturated carbocycles. The molecule has 12 heavy (non-hydrogen) atoms. The van der Waals surface area contributed by atoms with Gasteiger partial charge in [-0.3, -0.25) is 0 Å². The largest absolute Gasteiger partial charge is 0.508 e. The van der Waals surface area contributed by atoms with Crippen molar-refractivity contribution >= 4 is 0 Å². The second kappa shape index (κ2) is 3.30. The summed E-state index contributed by atoms with van der Waals surface area (Å²) in [6.07, 6.45) is 1.36. The molecule has 0 bridgehead atoms. The maximum atomic E-state index is 9.34. The normalized spacial score (nSPS) is 9.50. The van der Waals surface area contributed by atoms with E-state index >= 15 is 0 Å². The summed E-state index contributed by atoms with van der Waals surface area (Å²) in [4.78, 5) is 0. The van der Waals surface area contributed by atoms with Gasteiger partial charge in [0.25, 0.3) is 0 Å². The Hall–Kier alpha value is -1.44. The van der Waals surface area contributed by atoms with Crippen molar-refractivity contribution in [3.05, 3.63) is 36.1 Å². The van der Waals surface area contributed by atoms with Crippen molar-refractivity contribution in [3.63, 3.8) is 0 Å². The van der Waals surface area contributed by atoms with Gasteiger partial charge in [0, 0.05) is 5.56 Å². The second-order valence-corrected chi connectivity index (χ2v) is 2.64. The van der Waals surface area contributed by atoms with Gasteiger partial charge in [0.15, 0.2) is 0 Å². The molecule has 64 valence electrons. The highest BCUT2D eigenvalue weighted by atomic mass is 16.5. The number of aromatic hydroxyl groups is 1. The molecule has 0 aliphatic rings. The van der Waals surface area contributed by atoms with Gasteiger partial charge in [0.05, 0.1) is 6.26 Å². The second-order valence-electron chi connectivity index (χ2n) is 2.64. The van der Waals surface area contributed by atoms with Crippen LogP contribution in [0.5, 0.6) is 11.5 Å². The summed E-state index contributed by atoms with van der Waals surface area (Å²) in [7, 11) is 0. The van der Waals surface area contributed by atoms with Gasteiger partial charge in [-0.25, -0.2) is 0 Å². The van der Waals surface area contributed by atoms with Gasteiger partial charge >= 0.3 is 0 Å². The van der Waals surface area contributed by atoms with Crippen LogP contribution in [0.1, 0.15) is 11.1 Å². The van der Waals surface area contributed by atoms with Gasteiger partial charge in [0.2, 0.25) is 0 Å². The summed E-state index contributed by atoms with van der Waals surface area (Å²) in [5.41, 5.74) is 1.74. The van der Waals surface area contributed by atoms with Crippen molar-refractivity contribution < 1.29 is 9.84 Å². The van der Waals surface area contributed by atoms with Gasteiger partial charge in [-0.1, -0.05) is 12.6 Å². The third-order valence-electron chi connectivity index (χ3n) is 1.78. The molecule has 0 atom stereocenters. The van der Waals surface area contributed by atoms with Crippen molar-refractivity contribution in [3.8, 4) is 11.5 Å². The number of hydrogen-bond acceptors (Lipinski definition) is 2. The molecule has 0 amide bonds. The molecule has 0 aliphatic carbocycles. The van der Waals surface area contributed by atoms with E-state index < -0.39 is 0 Å². The molecule has 1 N–H and O–H groups in total. The summed E-state index contributed by atoms with van der Waals surface area (Å²) in [5.74, 6) is 0.933.